The second kappa shape index (κ2) is 45.7. The van der Waals surface area contributed by atoms with E-state index in [-0.39, 0.29) is 83.9 Å². The summed E-state index contributed by atoms with van der Waals surface area (Å²) in [5.74, 6) is -9.45. The molecule has 0 N–H and O–H groups in total. The van der Waals surface area contributed by atoms with Crippen molar-refractivity contribution in [3.63, 3.8) is 0 Å². The van der Waals surface area contributed by atoms with E-state index in [0.29, 0.717) is 77.2 Å². The van der Waals surface area contributed by atoms with E-state index in [2.05, 4.69) is 74.5 Å². The van der Waals surface area contributed by atoms with Crippen LogP contribution in [0.5, 0.6) is 17.2 Å². The number of carbonyl (C=O) groups is 2. The van der Waals surface area contributed by atoms with Gasteiger partial charge in [0.05, 0.1) is 40.4 Å². The molecule has 638 valence electrons. The average Bonchev–Trinajstić information content (AvgIpc) is 1.51. The number of hydrogen-bond donors (Lipinski definition) is 1. The summed E-state index contributed by atoms with van der Waals surface area (Å²) in [4.78, 5) is 23.0. The highest BCUT2D eigenvalue weighted by atomic mass is 32.2. The van der Waals surface area contributed by atoms with Gasteiger partial charge in [0.2, 0.25) is 0 Å². The summed E-state index contributed by atoms with van der Waals surface area (Å²) in [7, 11) is 0. The first kappa shape index (κ1) is 95.7. The molecule has 7 nitrogen and oxygen atoms in total. The van der Waals surface area contributed by atoms with Crippen molar-refractivity contribution >= 4 is 84.6 Å². The van der Waals surface area contributed by atoms with Crippen LogP contribution in [0.1, 0.15) is 231 Å². The summed E-state index contributed by atoms with van der Waals surface area (Å²) in [6, 6.07) is 14.8. The zero-order valence-corrected chi connectivity index (χ0v) is 69.1. The standard InChI is InChI=1S/C33H40F6O3S.C23H22F6O.C22H19F5OS.C11H22O2S/c1-4-7-9-21(6-3)20-41-28(40)18-19-43-32-26(16-17-27(31(32)36)42-33(37,38)39)25-15-14-24(29(34)30(25)35)23-12-10-22(8-5-2)11-13-23;1-3-4-14-5-7-15(8-6-14)17-9-10-18(22(26)21(17)25)16-11-12-19(20(24)13(16)2)30-23(27,28)29;1-2-3-12-4-6-13(7-5-12)14-8-9-15-16-10-11-17(28-22(25,26)27)19(24)21(16)29-20(15)18(14)23;1-3-5-6-10(4-2)9-13-11(12)7-8-14/h12,14-17,21-22H,4-11,13,18-20H2,1-3H3;7,9-12,14H,3-6,8H2,1-2H3;6,8-12H,2-5,7H2,1H3;10,14H,3-9H2,1-2H3. The molecule has 0 fully saturated rings. The molecule has 7 aromatic rings. The van der Waals surface area contributed by atoms with Crippen LogP contribution >= 0.6 is 35.7 Å². The number of thioether (sulfide) groups is 1. The summed E-state index contributed by atoms with van der Waals surface area (Å²) >= 11 is 5.52. The normalized spacial score (nSPS) is 16.3. The van der Waals surface area contributed by atoms with E-state index in [9.17, 15) is 66.7 Å². The first-order valence-electron chi connectivity index (χ1n) is 39.9. The molecule has 0 aliphatic heterocycles. The molecule has 0 bridgehead atoms. The Balaban J connectivity index is 0.000000226. The number of fused-ring (bicyclic) bond motifs is 3. The second-order valence-corrected chi connectivity index (χ2v) is 32.0. The number of esters is 2. The molecule has 0 amide bonds. The summed E-state index contributed by atoms with van der Waals surface area (Å²) in [5, 5.41) is 0.868. The summed E-state index contributed by atoms with van der Waals surface area (Å²) in [6.45, 7) is 16.8. The van der Waals surface area contributed by atoms with Gasteiger partial charge in [0.15, 0.2) is 58.0 Å². The number of thiophene rings is 1. The molecule has 3 aliphatic rings. The van der Waals surface area contributed by atoms with Crippen molar-refractivity contribution in [2.75, 3.05) is 24.7 Å². The lowest BCUT2D eigenvalue weighted by Crippen LogP contribution is -2.18. The monoisotopic (exact) mass is 1700 g/mol. The summed E-state index contributed by atoms with van der Waals surface area (Å²) in [5.41, 5.74) is 2.20. The molecule has 3 aliphatic carbocycles. The minimum Gasteiger partial charge on any atom is -0.465 e. The van der Waals surface area contributed by atoms with Crippen molar-refractivity contribution < 1.29 is 108 Å². The van der Waals surface area contributed by atoms with Crippen LogP contribution in [0, 0.1) is 83.1 Å². The van der Waals surface area contributed by atoms with Gasteiger partial charge in [-0.25, -0.2) is 35.1 Å². The Morgan fingerprint density at radius 2 is 0.793 bits per heavy atom. The first-order chi connectivity index (χ1) is 55.1. The Morgan fingerprint density at radius 1 is 0.440 bits per heavy atom. The van der Waals surface area contributed by atoms with Gasteiger partial charge in [0, 0.05) is 55.7 Å². The first-order valence-corrected chi connectivity index (χ1v) is 42.4. The SMILES string of the molecule is CCCC1CC=C(c2ccc(-c3ccc(OC(F)(F)F)c(F)c3C)c(F)c2F)CC1.CCCC1CC=C(c2ccc3c(sc4c(F)c(OC(F)(F)F)ccc43)c2F)CC1.CCCCC(CC)COC(=O)CCS.CCCCC(CC)COC(=O)CCSc1c(-c2ccc(C3=CCC(CCC)CC3)c(F)c2F)ccc(OC(F)(F)F)c1F. The van der Waals surface area contributed by atoms with Crippen molar-refractivity contribution in [2.45, 2.75) is 240 Å². The van der Waals surface area contributed by atoms with Crippen LogP contribution in [0.4, 0.5) is 74.6 Å². The Morgan fingerprint density at radius 3 is 1.20 bits per heavy atom. The third-order valence-electron chi connectivity index (χ3n) is 21.1. The van der Waals surface area contributed by atoms with Gasteiger partial charge >= 0.3 is 31.0 Å². The minimum absolute atomic E-state index is 0.0365. The molecule has 1 heterocycles. The maximum Gasteiger partial charge on any atom is 0.573 e. The Kier molecular flexibility index (Phi) is 37.7. The van der Waals surface area contributed by atoms with Crippen LogP contribution in [0.3, 0.4) is 0 Å². The minimum atomic E-state index is -5.16. The van der Waals surface area contributed by atoms with E-state index in [1.807, 2.05) is 19.1 Å². The van der Waals surface area contributed by atoms with Crippen LogP contribution in [0.25, 0.3) is 59.1 Å². The third-order valence-corrected chi connectivity index (χ3v) is 23.6. The van der Waals surface area contributed by atoms with Gasteiger partial charge in [-0.15, -0.1) is 62.6 Å². The molecule has 0 radical (unpaired) electrons. The Bertz CT molecular complexity index is 4490. The smallest absolute Gasteiger partial charge is 0.465 e. The van der Waals surface area contributed by atoms with E-state index in [0.717, 1.165) is 180 Å². The molecule has 5 atom stereocenters. The number of halogens is 17. The molecular weight excluding hydrogens is 1600 g/mol. The highest BCUT2D eigenvalue weighted by Gasteiger charge is 2.37. The Labute approximate surface area is 682 Å². The number of alkyl halides is 9. The number of unbranched alkanes of at least 4 members (excludes halogenated alkanes) is 2. The summed E-state index contributed by atoms with van der Waals surface area (Å²) < 4.78 is 255. The molecule has 0 saturated carbocycles. The van der Waals surface area contributed by atoms with Gasteiger partial charge in [0.1, 0.15) is 5.82 Å². The fourth-order valence-electron chi connectivity index (χ4n) is 14.6. The van der Waals surface area contributed by atoms with Crippen molar-refractivity contribution in [1.29, 1.82) is 0 Å². The lowest BCUT2D eigenvalue weighted by Gasteiger charge is -2.22. The van der Waals surface area contributed by atoms with Crippen LogP contribution < -0.4 is 14.2 Å². The van der Waals surface area contributed by atoms with Crippen molar-refractivity contribution in [2.24, 2.45) is 29.6 Å². The number of ether oxygens (including phenoxy) is 5. The predicted octanol–water partition coefficient (Wildman–Crippen LogP) is 30.1. The van der Waals surface area contributed by atoms with E-state index in [1.165, 1.54) is 56.5 Å². The van der Waals surface area contributed by atoms with E-state index < -0.39 is 88.8 Å². The Hall–Kier alpha value is -7.39. The largest absolute Gasteiger partial charge is 0.573 e. The van der Waals surface area contributed by atoms with Crippen molar-refractivity contribution in [3.8, 4) is 39.5 Å². The lowest BCUT2D eigenvalue weighted by atomic mass is 9.84. The van der Waals surface area contributed by atoms with Gasteiger partial charge in [-0.1, -0.05) is 186 Å². The van der Waals surface area contributed by atoms with E-state index in [4.69, 9.17) is 9.47 Å². The highest BCUT2D eigenvalue weighted by molar-refractivity contribution is 7.99. The molecule has 6 aromatic carbocycles. The van der Waals surface area contributed by atoms with Gasteiger partial charge in [-0.3, -0.25) is 9.59 Å². The lowest BCUT2D eigenvalue weighted by molar-refractivity contribution is -0.276. The van der Waals surface area contributed by atoms with Crippen molar-refractivity contribution in [3.05, 3.63) is 160 Å². The van der Waals surface area contributed by atoms with Crippen molar-refractivity contribution in [1.82, 2.24) is 0 Å². The average molecular weight is 1700 g/mol. The molecule has 0 saturated heterocycles. The number of allylic oxidation sites excluding steroid dienone is 6. The third kappa shape index (κ3) is 27.6. The quantitative estimate of drug-likeness (QED) is 0.0193. The van der Waals surface area contributed by atoms with Crippen LogP contribution in [0.15, 0.2) is 95.9 Å². The number of hydrogen-bond acceptors (Lipinski definition) is 10. The molecular formula is C89H103F17O7S3. The summed E-state index contributed by atoms with van der Waals surface area (Å²) in [6.07, 6.45) is 13.4. The molecule has 10 rings (SSSR count). The highest BCUT2D eigenvalue weighted by Crippen LogP contribution is 2.47. The molecule has 5 unspecified atom stereocenters. The molecule has 0 spiro atoms. The van der Waals surface area contributed by atoms with Gasteiger partial charge < -0.3 is 23.7 Å². The van der Waals surface area contributed by atoms with Crippen LogP contribution in [-0.2, 0) is 19.1 Å². The van der Waals surface area contributed by atoms with Gasteiger partial charge in [-0.05, 0) is 165 Å². The fourth-order valence-corrected chi connectivity index (χ4v) is 17.0. The van der Waals surface area contributed by atoms with Gasteiger partial charge in [0.25, 0.3) is 0 Å². The van der Waals surface area contributed by atoms with Gasteiger partial charge in [-0.2, -0.15) is 12.6 Å². The number of rotatable bonds is 32. The zero-order valence-electron chi connectivity index (χ0n) is 66.6. The topological polar surface area (TPSA) is 80.3 Å². The van der Waals surface area contributed by atoms with Crippen LogP contribution in [0.2, 0.25) is 0 Å². The molecule has 1 aromatic heterocycles. The van der Waals surface area contributed by atoms with Crippen LogP contribution in [-0.4, -0.2) is 55.7 Å². The predicted molar refractivity (Wildman–Crippen MR) is 431 cm³/mol. The number of thiol groups is 1. The van der Waals surface area contributed by atoms with E-state index >= 15 is 17.6 Å². The zero-order chi connectivity index (χ0) is 85.2. The number of benzene rings is 6. The maximum atomic E-state index is 15.5. The van der Waals surface area contributed by atoms with E-state index in [1.54, 1.807) is 12.1 Å². The maximum absolute atomic E-state index is 15.5. The second-order valence-electron chi connectivity index (χ2n) is 29.4. The molecule has 116 heavy (non-hydrogen) atoms. The fraction of sp³-hybridized carbons (Fsp3) is 0.506. The molecule has 27 heteroatoms. The number of carbonyl (C=O) groups excluding carboxylic acids is 2.